The average Bonchev–Trinajstić information content (AvgIpc) is 3.06. The van der Waals surface area contributed by atoms with Crippen LogP contribution in [0.5, 0.6) is 5.75 Å². The van der Waals surface area contributed by atoms with Crippen LogP contribution in [0.1, 0.15) is 36.9 Å². The van der Waals surface area contributed by atoms with Crippen molar-refractivity contribution in [3.05, 3.63) is 59.7 Å². The number of ether oxygens (including phenoxy) is 1. The highest BCUT2D eigenvalue weighted by Crippen LogP contribution is 2.25. The van der Waals surface area contributed by atoms with Gasteiger partial charge in [-0.2, -0.15) is 0 Å². The minimum Gasteiger partial charge on any atom is -0.496 e. The second-order valence-electron chi connectivity index (χ2n) is 6.16. The number of rotatable bonds is 6. The van der Waals surface area contributed by atoms with Crippen molar-refractivity contribution in [1.29, 1.82) is 0 Å². The third-order valence-electron chi connectivity index (χ3n) is 4.55. The predicted octanol–water partition coefficient (Wildman–Crippen LogP) is 3.67. The lowest BCUT2D eigenvalue weighted by atomic mass is 10.1. The van der Waals surface area contributed by atoms with Gasteiger partial charge in [0, 0.05) is 36.8 Å². The highest BCUT2D eigenvalue weighted by atomic mass is 16.5. The van der Waals surface area contributed by atoms with Gasteiger partial charge < -0.3 is 15.0 Å². The number of amides is 1. The minimum absolute atomic E-state index is 0.188. The van der Waals surface area contributed by atoms with Crippen LogP contribution in [-0.2, 0) is 11.3 Å². The molecule has 1 aliphatic heterocycles. The van der Waals surface area contributed by atoms with Crippen LogP contribution in [0.3, 0.4) is 0 Å². The number of benzene rings is 2. The zero-order valence-corrected chi connectivity index (χ0v) is 14.3. The Morgan fingerprint density at radius 1 is 1.21 bits per heavy atom. The fraction of sp³-hybridized carbons (Fsp3) is 0.350. The third kappa shape index (κ3) is 3.60. The number of carbonyl (C=O) groups excluding carboxylic acids is 1. The van der Waals surface area contributed by atoms with E-state index in [2.05, 4.69) is 30.4 Å². The normalized spacial score (nSPS) is 15.6. The topological polar surface area (TPSA) is 41.6 Å². The first-order chi connectivity index (χ1) is 11.7. The average molecular weight is 324 g/mol. The molecule has 126 valence electrons. The van der Waals surface area contributed by atoms with Crippen LogP contribution in [0.4, 0.5) is 5.69 Å². The summed E-state index contributed by atoms with van der Waals surface area (Å²) < 4.78 is 5.40. The molecular weight excluding hydrogens is 300 g/mol. The number of nitrogens with one attached hydrogen (secondary N) is 1. The molecule has 4 nitrogen and oxygen atoms in total. The molecule has 4 heteroatoms. The highest BCUT2D eigenvalue weighted by Gasteiger charge is 2.22. The van der Waals surface area contributed by atoms with Gasteiger partial charge in [-0.05, 0) is 37.1 Å². The number of anilines is 1. The second-order valence-corrected chi connectivity index (χ2v) is 6.16. The highest BCUT2D eigenvalue weighted by molar-refractivity contribution is 5.95. The zero-order valence-electron chi connectivity index (χ0n) is 14.3. The van der Waals surface area contributed by atoms with Gasteiger partial charge in [-0.3, -0.25) is 4.79 Å². The molecular formula is C20H24N2O2. The Hall–Kier alpha value is -2.33. The van der Waals surface area contributed by atoms with Gasteiger partial charge in [-0.25, -0.2) is 0 Å². The summed E-state index contributed by atoms with van der Waals surface area (Å²) >= 11 is 0. The van der Waals surface area contributed by atoms with Gasteiger partial charge in [0.2, 0.25) is 5.91 Å². The lowest BCUT2D eigenvalue weighted by Crippen LogP contribution is -2.24. The summed E-state index contributed by atoms with van der Waals surface area (Å²) in [6, 6.07) is 16.5. The van der Waals surface area contributed by atoms with Gasteiger partial charge >= 0.3 is 0 Å². The van der Waals surface area contributed by atoms with Crippen molar-refractivity contribution in [3.63, 3.8) is 0 Å². The molecule has 1 atom stereocenters. The Bertz CT molecular complexity index is 714. The van der Waals surface area contributed by atoms with E-state index < -0.39 is 0 Å². The fourth-order valence-corrected chi connectivity index (χ4v) is 3.11. The van der Waals surface area contributed by atoms with Crippen LogP contribution in [0.15, 0.2) is 48.5 Å². The molecule has 0 saturated carbocycles. The van der Waals surface area contributed by atoms with Crippen molar-refractivity contribution in [2.24, 2.45) is 0 Å². The SMILES string of the molecule is COc1ccccc1CN[C@H](C)c1cccc(N2CCCC2=O)c1. The lowest BCUT2D eigenvalue weighted by molar-refractivity contribution is -0.117. The summed E-state index contributed by atoms with van der Waals surface area (Å²) in [5, 5.41) is 3.54. The van der Waals surface area contributed by atoms with Crippen molar-refractivity contribution >= 4 is 11.6 Å². The number of nitrogens with zero attached hydrogens (tertiary/aromatic N) is 1. The molecule has 1 saturated heterocycles. The van der Waals surface area contributed by atoms with Gasteiger partial charge in [0.25, 0.3) is 0 Å². The van der Waals surface area contributed by atoms with Crippen molar-refractivity contribution in [3.8, 4) is 5.75 Å². The van der Waals surface area contributed by atoms with Crippen molar-refractivity contribution in [1.82, 2.24) is 5.32 Å². The molecule has 1 aliphatic rings. The fourth-order valence-electron chi connectivity index (χ4n) is 3.11. The number of carbonyl (C=O) groups is 1. The van der Waals surface area contributed by atoms with Crippen LogP contribution in [0.25, 0.3) is 0 Å². The van der Waals surface area contributed by atoms with Crippen LogP contribution >= 0.6 is 0 Å². The van der Waals surface area contributed by atoms with Crippen LogP contribution in [-0.4, -0.2) is 19.6 Å². The van der Waals surface area contributed by atoms with E-state index >= 15 is 0 Å². The summed E-state index contributed by atoms with van der Waals surface area (Å²) in [5.74, 6) is 1.12. The molecule has 3 rings (SSSR count). The molecule has 1 amide bonds. The largest absolute Gasteiger partial charge is 0.496 e. The summed E-state index contributed by atoms with van der Waals surface area (Å²) in [6.07, 6.45) is 1.61. The van der Waals surface area contributed by atoms with Gasteiger partial charge in [0.1, 0.15) is 5.75 Å². The molecule has 1 fully saturated rings. The van der Waals surface area contributed by atoms with E-state index in [-0.39, 0.29) is 11.9 Å². The van der Waals surface area contributed by atoms with E-state index in [4.69, 9.17) is 4.74 Å². The molecule has 0 spiro atoms. The molecule has 1 N–H and O–H groups in total. The maximum absolute atomic E-state index is 11.9. The number of methoxy groups -OCH3 is 1. The van der Waals surface area contributed by atoms with Crippen molar-refractivity contribution < 1.29 is 9.53 Å². The quantitative estimate of drug-likeness (QED) is 0.881. The molecule has 0 aromatic heterocycles. The molecule has 1 heterocycles. The molecule has 0 bridgehead atoms. The van der Waals surface area contributed by atoms with E-state index in [0.29, 0.717) is 6.42 Å². The molecule has 2 aromatic carbocycles. The van der Waals surface area contributed by atoms with Gasteiger partial charge in [-0.1, -0.05) is 30.3 Å². The minimum atomic E-state index is 0.188. The first-order valence-corrected chi connectivity index (χ1v) is 8.44. The summed E-state index contributed by atoms with van der Waals surface area (Å²) in [5.41, 5.74) is 3.32. The maximum atomic E-state index is 11.9. The Kier molecular flexibility index (Phi) is 5.16. The van der Waals surface area contributed by atoms with E-state index in [9.17, 15) is 4.79 Å². The Morgan fingerprint density at radius 2 is 2.04 bits per heavy atom. The number of hydrogen-bond donors (Lipinski definition) is 1. The molecule has 0 radical (unpaired) electrons. The smallest absolute Gasteiger partial charge is 0.227 e. The second kappa shape index (κ2) is 7.49. The van der Waals surface area contributed by atoms with Gasteiger partial charge in [0.15, 0.2) is 0 Å². The monoisotopic (exact) mass is 324 g/mol. The Balaban J connectivity index is 1.69. The molecule has 24 heavy (non-hydrogen) atoms. The van der Waals surface area contributed by atoms with Crippen LogP contribution in [0.2, 0.25) is 0 Å². The van der Waals surface area contributed by atoms with Crippen molar-refractivity contribution in [2.45, 2.75) is 32.4 Å². The molecule has 0 unspecified atom stereocenters. The Morgan fingerprint density at radius 3 is 2.79 bits per heavy atom. The Labute approximate surface area is 143 Å². The van der Waals surface area contributed by atoms with Gasteiger partial charge in [-0.15, -0.1) is 0 Å². The van der Waals surface area contributed by atoms with Gasteiger partial charge in [0.05, 0.1) is 7.11 Å². The van der Waals surface area contributed by atoms with Crippen molar-refractivity contribution in [2.75, 3.05) is 18.6 Å². The summed E-state index contributed by atoms with van der Waals surface area (Å²) in [7, 11) is 1.69. The van der Waals surface area contributed by atoms with E-state index in [1.807, 2.05) is 35.2 Å². The number of para-hydroxylation sites is 1. The predicted molar refractivity (Wildman–Crippen MR) is 96.3 cm³/mol. The van der Waals surface area contributed by atoms with E-state index in [1.54, 1.807) is 7.11 Å². The van der Waals surface area contributed by atoms with Crippen LogP contribution in [0, 0.1) is 0 Å². The number of hydrogen-bond acceptors (Lipinski definition) is 3. The van der Waals surface area contributed by atoms with Crippen LogP contribution < -0.4 is 15.0 Å². The maximum Gasteiger partial charge on any atom is 0.227 e. The summed E-state index contributed by atoms with van der Waals surface area (Å²) in [6.45, 7) is 3.70. The first-order valence-electron chi connectivity index (χ1n) is 8.44. The van der Waals surface area contributed by atoms with E-state index in [0.717, 1.165) is 36.5 Å². The third-order valence-corrected chi connectivity index (χ3v) is 4.55. The summed E-state index contributed by atoms with van der Waals surface area (Å²) in [4.78, 5) is 13.8. The zero-order chi connectivity index (χ0) is 16.9. The first kappa shape index (κ1) is 16.5. The molecule has 0 aliphatic carbocycles. The molecule has 2 aromatic rings. The van der Waals surface area contributed by atoms with E-state index in [1.165, 1.54) is 5.56 Å². The lowest BCUT2D eigenvalue weighted by Gasteiger charge is -2.20. The standard InChI is InChI=1S/C20H24N2O2/c1-15(21-14-17-7-3-4-10-19(17)24-2)16-8-5-9-18(13-16)22-12-6-11-20(22)23/h3-5,7-10,13,15,21H,6,11-12,14H2,1-2H3/t15-/m1/s1.